The fourth-order valence-corrected chi connectivity index (χ4v) is 2.06. The van der Waals surface area contributed by atoms with E-state index in [1.165, 1.54) is 12.7 Å². The van der Waals surface area contributed by atoms with Crippen LogP contribution in [0.1, 0.15) is 20.3 Å². The number of ether oxygens (including phenoxy) is 1. The molecular formula is C12H21NO2. The fourth-order valence-electron chi connectivity index (χ4n) is 2.06. The number of carbonyl (C=O) groups is 1. The second-order valence-corrected chi connectivity index (χ2v) is 4.57. The summed E-state index contributed by atoms with van der Waals surface area (Å²) in [5, 5.41) is 0. The summed E-state index contributed by atoms with van der Waals surface area (Å²) in [6.07, 6.45) is 1.01. The predicted octanol–water partition coefficient (Wildman–Crippen LogP) is 1.69. The second kappa shape index (κ2) is 5.31. The molecule has 0 aromatic rings. The van der Waals surface area contributed by atoms with E-state index in [-0.39, 0.29) is 11.9 Å². The van der Waals surface area contributed by atoms with E-state index in [0.29, 0.717) is 5.92 Å². The summed E-state index contributed by atoms with van der Waals surface area (Å²) in [6.45, 7) is 10.9. The highest BCUT2D eigenvalue weighted by molar-refractivity contribution is 5.73. The van der Waals surface area contributed by atoms with Crippen molar-refractivity contribution in [3.8, 4) is 0 Å². The normalized spacial score (nSPS) is 26.6. The van der Waals surface area contributed by atoms with Crippen molar-refractivity contribution in [2.75, 3.05) is 26.7 Å². The van der Waals surface area contributed by atoms with Crippen molar-refractivity contribution in [2.45, 2.75) is 20.3 Å². The molecule has 3 nitrogen and oxygen atoms in total. The average molecular weight is 211 g/mol. The van der Waals surface area contributed by atoms with Crippen LogP contribution in [0.25, 0.3) is 0 Å². The van der Waals surface area contributed by atoms with Crippen LogP contribution in [0.4, 0.5) is 0 Å². The van der Waals surface area contributed by atoms with Gasteiger partial charge in [-0.3, -0.25) is 4.79 Å². The quantitative estimate of drug-likeness (QED) is 0.523. The average Bonchev–Trinajstić information content (AvgIpc) is 2.55. The zero-order valence-electron chi connectivity index (χ0n) is 9.95. The first-order valence-electron chi connectivity index (χ1n) is 5.49. The Bertz CT molecular complexity index is 250. The molecule has 0 aliphatic carbocycles. The number of rotatable bonds is 4. The molecule has 15 heavy (non-hydrogen) atoms. The highest BCUT2D eigenvalue weighted by atomic mass is 16.5. The van der Waals surface area contributed by atoms with Crippen LogP contribution >= 0.6 is 0 Å². The molecule has 2 atom stereocenters. The van der Waals surface area contributed by atoms with Crippen LogP contribution in [0.5, 0.6) is 0 Å². The Balaban J connectivity index is 2.41. The number of likely N-dealkylation sites (tertiary alicyclic amines) is 1. The Kier molecular flexibility index (Phi) is 4.33. The van der Waals surface area contributed by atoms with Crippen molar-refractivity contribution in [1.82, 2.24) is 4.90 Å². The van der Waals surface area contributed by atoms with Crippen molar-refractivity contribution in [2.24, 2.45) is 11.8 Å². The number of hydrogen-bond acceptors (Lipinski definition) is 3. The molecule has 0 N–H and O–H groups in total. The van der Waals surface area contributed by atoms with Crippen LogP contribution in [0.3, 0.4) is 0 Å². The third kappa shape index (κ3) is 3.34. The zero-order valence-corrected chi connectivity index (χ0v) is 9.95. The summed E-state index contributed by atoms with van der Waals surface area (Å²) in [7, 11) is 1.46. The van der Waals surface area contributed by atoms with E-state index in [1.807, 2.05) is 6.92 Å². The molecule has 1 aliphatic heterocycles. The molecule has 0 amide bonds. The van der Waals surface area contributed by atoms with Gasteiger partial charge in [-0.15, -0.1) is 6.58 Å². The number of carbonyl (C=O) groups excluding carboxylic acids is 1. The largest absolute Gasteiger partial charge is 0.469 e. The van der Waals surface area contributed by atoms with E-state index < -0.39 is 0 Å². The minimum absolute atomic E-state index is 0.0557. The minimum Gasteiger partial charge on any atom is -0.469 e. The summed E-state index contributed by atoms with van der Waals surface area (Å²) >= 11 is 0. The molecule has 2 unspecified atom stereocenters. The molecule has 86 valence electrons. The molecular weight excluding hydrogens is 190 g/mol. The molecule has 1 fully saturated rings. The molecule has 0 aromatic carbocycles. The predicted molar refractivity (Wildman–Crippen MR) is 60.5 cm³/mol. The fraction of sp³-hybridized carbons (Fsp3) is 0.750. The van der Waals surface area contributed by atoms with Crippen molar-refractivity contribution < 1.29 is 9.53 Å². The van der Waals surface area contributed by atoms with Gasteiger partial charge in [0.1, 0.15) is 0 Å². The van der Waals surface area contributed by atoms with E-state index in [0.717, 1.165) is 26.1 Å². The zero-order chi connectivity index (χ0) is 11.4. The third-order valence-electron chi connectivity index (χ3n) is 3.05. The van der Waals surface area contributed by atoms with Gasteiger partial charge in [0.2, 0.25) is 0 Å². The first kappa shape index (κ1) is 12.2. The monoisotopic (exact) mass is 211 g/mol. The van der Waals surface area contributed by atoms with E-state index in [9.17, 15) is 4.79 Å². The van der Waals surface area contributed by atoms with Crippen LogP contribution in [-0.4, -0.2) is 37.6 Å². The molecule has 0 bridgehead atoms. The van der Waals surface area contributed by atoms with Gasteiger partial charge in [0.25, 0.3) is 0 Å². The summed E-state index contributed by atoms with van der Waals surface area (Å²) < 4.78 is 4.80. The lowest BCUT2D eigenvalue weighted by Crippen LogP contribution is -2.25. The number of esters is 1. The standard InChI is InChI=1S/C12H21NO2/c1-9(2)5-6-13-7-10(3)11(8-13)12(14)15-4/h10-11H,1,5-8H2,2-4H3. The Morgan fingerprint density at radius 1 is 1.53 bits per heavy atom. The summed E-state index contributed by atoms with van der Waals surface area (Å²) in [4.78, 5) is 13.8. The summed E-state index contributed by atoms with van der Waals surface area (Å²) in [5.41, 5.74) is 1.20. The van der Waals surface area contributed by atoms with Gasteiger partial charge in [0.15, 0.2) is 0 Å². The molecule has 1 rings (SSSR count). The maximum atomic E-state index is 11.4. The van der Waals surface area contributed by atoms with Gasteiger partial charge in [-0.2, -0.15) is 0 Å². The first-order chi connectivity index (χ1) is 7.04. The molecule has 0 aromatic heterocycles. The lowest BCUT2D eigenvalue weighted by Gasteiger charge is -2.14. The maximum Gasteiger partial charge on any atom is 0.310 e. The highest BCUT2D eigenvalue weighted by Gasteiger charge is 2.34. The Hall–Kier alpha value is -0.830. The number of nitrogens with zero attached hydrogens (tertiary/aromatic N) is 1. The molecule has 1 aliphatic rings. The first-order valence-corrected chi connectivity index (χ1v) is 5.49. The number of methoxy groups -OCH3 is 1. The topological polar surface area (TPSA) is 29.5 Å². The highest BCUT2D eigenvalue weighted by Crippen LogP contribution is 2.24. The summed E-state index contributed by atoms with van der Waals surface area (Å²) in [5.74, 6) is 0.392. The third-order valence-corrected chi connectivity index (χ3v) is 3.05. The van der Waals surface area contributed by atoms with Gasteiger partial charge in [0, 0.05) is 19.6 Å². The lowest BCUT2D eigenvalue weighted by molar-refractivity contribution is -0.146. The van der Waals surface area contributed by atoms with Gasteiger partial charge in [-0.1, -0.05) is 12.5 Å². The van der Waals surface area contributed by atoms with Crippen LogP contribution in [0, 0.1) is 11.8 Å². The summed E-state index contributed by atoms with van der Waals surface area (Å²) in [6, 6.07) is 0. The number of hydrogen-bond donors (Lipinski definition) is 0. The van der Waals surface area contributed by atoms with Crippen molar-refractivity contribution in [3.05, 3.63) is 12.2 Å². The smallest absolute Gasteiger partial charge is 0.310 e. The van der Waals surface area contributed by atoms with E-state index in [1.54, 1.807) is 0 Å². The van der Waals surface area contributed by atoms with Crippen molar-refractivity contribution >= 4 is 5.97 Å². The molecule has 1 saturated heterocycles. The maximum absolute atomic E-state index is 11.4. The second-order valence-electron chi connectivity index (χ2n) is 4.57. The van der Waals surface area contributed by atoms with Gasteiger partial charge in [-0.25, -0.2) is 0 Å². The molecule has 0 spiro atoms. The molecule has 0 saturated carbocycles. The van der Waals surface area contributed by atoms with E-state index >= 15 is 0 Å². The van der Waals surface area contributed by atoms with Gasteiger partial charge < -0.3 is 9.64 Å². The lowest BCUT2D eigenvalue weighted by atomic mass is 9.99. The van der Waals surface area contributed by atoms with E-state index in [4.69, 9.17) is 4.74 Å². The van der Waals surface area contributed by atoms with Gasteiger partial charge >= 0.3 is 5.97 Å². The molecule has 1 heterocycles. The van der Waals surface area contributed by atoms with Gasteiger partial charge in [-0.05, 0) is 19.3 Å². The van der Waals surface area contributed by atoms with Crippen LogP contribution in [-0.2, 0) is 9.53 Å². The van der Waals surface area contributed by atoms with Gasteiger partial charge in [0.05, 0.1) is 13.0 Å². The molecule has 0 radical (unpaired) electrons. The van der Waals surface area contributed by atoms with Crippen LogP contribution < -0.4 is 0 Å². The SMILES string of the molecule is C=C(C)CCN1CC(C)C(C(=O)OC)C1. The Labute approximate surface area is 92.1 Å². The van der Waals surface area contributed by atoms with E-state index in [2.05, 4.69) is 18.4 Å². The van der Waals surface area contributed by atoms with Crippen LogP contribution in [0.2, 0.25) is 0 Å². The van der Waals surface area contributed by atoms with Crippen molar-refractivity contribution in [1.29, 1.82) is 0 Å². The minimum atomic E-state index is -0.0691. The van der Waals surface area contributed by atoms with Crippen molar-refractivity contribution in [3.63, 3.8) is 0 Å². The Morgan fingerprint density at radius 3 is 2.73 bits per heavy atom. The Morgan fingerprint density at radius 2 is 2.20 bits per heavy atom. The van der Waals surface area contributed by atoms with Crippen LogP contribution in [0.15, 0.2) is 12.2 Å². The molecule has 3 heteroatoms.